The molecule has 1 aliphatic carbocycles. The fraction of sp³-hybridized carbons (Fsp3) is 0.400. The summed E-state index contributed by atoms with van der Waals surface area (Å²) in [4.78, 5) is 12.3. The van der Waals surface area contributed by atoms with Crippen LogP contribution in [0.4, 0.5) is 0 Å². The van der Waals surface area contributed by atoms with Crippen molar-refractivity contribution in [3.8, 4) is 0 Å². The van der Waals surface area contributed by atoms with Crippen LogP contribution in [-0.4, -0.2) is 11.5 Å². The van der Waals surface area contributed by atoms with Crippen LogP contribution in [-0.2, 0) is 4.79 Å². The Balaban J connectivity index is 1.90. The molecule has 0 saturated heterocycles. The highest BCUT2D eigenvalue weighted by molar-refractivity contribution is 7.99. The Bertz CT molecular complexity index is 427. The van der Waals surface area contributed by atoms with Crippen molar-refractivity contribution >= 4 is 17.5 Å². The standard InChI is InChI=1S/C15H18OS/c1-12-3-5-14(6-4-12)17-11-15(9-10-15)8-7-13(2)16/h3-8H,9-11H2,1-2H3/b8-7+. The molecule has 1 aliphatic rings. The molecule has 0 bridgehead atoms. The van der Waals surface area contributed by atoms with E-state index in [1.807, 2.05) is 11.8 Å². The number of carbonyl (C=O) groups excluding carboxylic acids is 1. The van der Waals surface area contributed by atoms with Crippen LogP contribution in [0, 0.1) is 12.3 Å². The van der Waals surface area contributed by atoms with Gasteiger partial charge in [-0.2, -0.15) is 0 Å². The second-order valence-electron chi connectivity index (χ2n) is 4.91. The molecular weight excluding hydrogens is 228 g/mol. The minimum Gasteiger partial charge on any atom is -0.295 e. The van der Waals surface area contributed by atoms with E-state index in [2.05, 4.69) is 37.3 Å². The Morgan fingerprint density at radius 2 is 2.00 bits per heavy atom. The minimum atomic E-state index is 0.150. The van der Waals surface area contributed by atoms with Crippen LogP contribution in [0.3, 0.4) is 0 Å². The second-order valence-corrected chi connectivity index (χ2v) is 5.96. The van der Waals surface area contributed by atoms with Gasteiger partial charge < -0.3 is 0 Å². The number of aryl methyl sites for hydroxylation is 1. The van der Waals surface area contributed by atoms with Gasteiger partial charge in [-0.3, -0.25) is 4.79 Å². The van der Waals surface area contributed by atoms with Gasteiger partial charge in [-0.25, -0.2) is 0 Å². The third-order valence-electron chi connectivity index (χ3n) is 3.11. The van der Waals surface area contributed by atoms with Gasteiger partial charge in [-0.15, -0.1) is 11.8 Å². The minimum absolute atomic E-state index is 0.150. The van der Waals surface area contributed by atoms with E-state index in [1.165, 1.54) is 23.3 Å². The van der Waals surface area contributed by atoms with Gasteiger partial charge >= 0.3 is 0 Å². The number of rotatable bonds is 5. The molecule has 0 radical (unpaired) electrons. The average molecular weight is 246 g/mol. The molecule has 90 valence electrons. The summed E-state index contributed by atoms with van der Waals surface area (Å²) in [6.07, 6.45) is 6.27. The molecule has 1 fully saturated rings. The van der Waals surface area contributed by atoms with Crippen LogP contribution in [0.25, 0.3) is 0 Å². The zero-order chi connectivity index (χ0) is 12.3. The van der Waals surface area contributed by atoms with Gasteiger partial charge in [0.2, 0.25) is 0 Å². The molecule has 0 amide bonds. The fourth-order valence-corrected chi connectivity index (χ4v) is 2.84. The first-order chi connectivity index (χ1) is 8.10. The molecule has 0 spiro atoms. The molecule has 0 N–H and O–H groups in total. The molecule has 0 unspecified atom stereocenters. The third kappa shape index (κ3) is 3.74. The first-order valence-electron chi connectivity index (χ1n) is 5.99. The van der Waals surface area contributed by atoms with Crippen LogP contribution in [0.15, 0.2) is 41.3 Å². The summed E-state index contributed by atoms with van der Waals surface area (Å²) in [5.74, 6) is 1.23. The van der Waals surface area contributed by atoms with Crippen molar-refractivity contribution in [2.24, 2.45) is 5.41 Å². The van der Waals surface area contributed by atoms with Gasteiger partial charge in [0.25, 0.3) is 0 Å². The fourth-order valence-electron chi connectivity index (χ4n) is 1.68. The van der Waals surface area contributed by atoms with Crippen molar-refractivity contribution in [2.75, 3.05) is 5.75 Å². The predicted octanol–water partition coefficient (Wildman–Crippen LogP) is 4.01. The molecule has 1 aromatic carbocycles. The molecular formula is C15H18OS. The number of ketones is 1. The van der Waals surface area contributed by atoms with Gasteiger partial charge in [0, 0.05) is 10.6 Å². The average Bonchev–Trinajstić information content (AvgIpc) is 3.07. The van der Waals surface area contributed by atoms with Gasteiger partial charge in [0.05, 0.1) is 0 Å². The summed E-state index contributed by atoms with van der Waals surface area (Å²) in [6.45, 7) is 3.71. The van der Waals surface area contributed by atoms with E-state index in [-0.39, 0.29) is 5.78 Å². The molecule has 0 aliphatic heterocycles. The molecule has 0 heterocycles. The van der Waals surface area contributed by atoms with Gasteiger partial charge in [-0.05, 0) is 50.3 Å². The second kappa shape index (κ2) is 5.09. The highest BCUT2D eigenvalue weighted by Gasteiger charge is 2.39. The molecule has 1 saturated carbocycles. The molecule has 1 aromatic rings. The quantitative estimate of drug-likeness (QED) is 0.577. The van der Waals surface area contributed by atoms with E-state index in [1.54, 1.807) is 13.0 Å². The summed E-state index contributed by atoms with van der Waals surface area (Å²) < 4.78 is 0. The maximum Gasteiger partial charge on any atom is 0.152 e. The third-order valence-corrected chi connectivity index (χ3v) is 4.44. The number of hydrogen-bond donors (Lipinski definition) is 0. The Labute approximate surface area is 107 Å². The van der Waals surface area contributed by atoms with Gasteiger partial charge in [-0.1, -0.05) is 23.8 Å². The number of allylic oxidation sites excluding steroid dienone is 2. The van der Waals surface area contributed by atoms with Crippen LogP contribution in [0.2, 0.25) is 0 Å². The Morgan fingerprint density at radius 3 is 2.53 bits per heavy atom. The monoisotopic (exact) mass is 246 g/mol. The van der Waals surface area contributed by atoms with E-state index >= 15 is 0 Å². The van der Waals surface area contributed by atoms with Crippen molar-refractivity contribution < 1.29 is 4.79 Å². The van der Waals surface area contributed by atoms with E-state index in [0.717, 1.165) is 5.75 Å². The zero-order valence-electron chi connectivity index (χ0n) is 10.4. The SMILES string of the molecule is CC(=O)/C=C/C1(CSc2ccc(C)cc2)CC1. The number of carbonyl (C=O) groups is 1. The number of thioether (sulfide) groups is 1. The molecule has 2 rings (SSSR count). The zero-order valence-corrected chi connectivity index (χ0v) is 11.2. The lowest BCUT2D eigenvalue weighted by molar-refractivity contribution is -0.112. The topological polar surface area (TPSA) is 17.1 Å². The lowest BCUT2D eigenvalue weighted by Gasteiger charge is -2.09. The molecule has 1 nitrogen and oxygen atoms in total. The first kappa shape index (κ1) is 12.4. The van der Waals surface area contributed by atoms with Crippen molar-refractivity contribution in [3.63, 3.8) is 0 Å². The van der Waals surface area contributed by atoms with Gasteiger partial charge in [0.1, 0.15) is 0 Å². The molecule has 2 heteroatoms. The normalized spacial score (nSPS) is 17.3. The van der Waals surface area contributed by atoms with E-state index in [9.17, 15) is 4.79 Å². The number of benzene rings is 1. The summed E-state index contributed by atoms with van der Waals surface area (Å²) >= 11 is 1.89. The van der Waals surface area contributed by atoms with E-state index < -0.39 is 0 Å². The smallest absolute Gasteiger partial charge is 0.152 e. The highest BCUT2D eigenvalue weighted by Crippen LogP contribution is 2.50. The Hall–Kier alpha value is -1.02. The maximum absolute atomic E-state index is 10.9. The molecule has 0 atom stereocenters. The summed E-state index contributed by atoms with van der Waals surface area (Å²) in [5.41, 5.74) is 1.59. The van der Waals surface area contributed by atoms with Crippen LogP contribution in [0.5, 0.6) is 0 Å². The Kier molecular flexibility index (Phi) is 3.72. The van der Waals surface area contributed by atoms with Crippen molar-refractivity contribution in [3.05, 3.63) is 42.0 Å². The number of hydrogen-bond acceptors (Lipinski definition) is 2. The van der Waals surface area contributed by atoms with E-state index in [4.69, 9.17) is 0 Å². The van der Waals surface area contributed by atoms with Crippen LogP contribution >= 0.6 is 11.8 Å². The summed E-state index contributed by atoms with van der Waals surface area (Å²) in [6, 6.07) is 8.64. The molecule has 0 aromatic heterocycles. The van der Waals surface area contributed by atoms with Gasteiger partial charge in [0.15, 0.2) is 5.78 Å². The van der Waals surface area contributed by atoms with Crippen molar-refractivity contribution in [2.45, 2.75) is 31.6 Å². The summed E-state index contributed by atoms with van der Waals surface area (Å²) in [5, 5.41) is 0. The molecule has 17 heavy (non-hydrogen) atoms. The van der Waals surface area contributed by atoms with Crippen molar-refractivity contribution in [1.82, 2.24) is 0 Å². The first-order valence-corrected chi connectivity index (χ1v) is 6.98. The largest absolute Gasteiger partial charge is 0.295 e. The van der Waals surface area contributed by atoms with E-state index in [0.29, 0.717) is 5.41 Å². The predicted molar refractivity (Wildman–Crippen MR) is 73.4 cm³/mol. The lowest BCUT2D eigenvalue weighted by Crippen LogP contribution is -2.00. The highest BCUT2D eigenvalue weighted by atomic mass is 32.2. The Morgan fingerprint density at radius 1 is 1.35 bits per heavy atom. The lowest BCUT2D eigenvalue weighted by atomic mass is 10.1. The maximum atomic E-state index is 10.9. The van der Waals surface area contributed by atoms with Crippen LogP contribution in [0.1, 0.15) is 25.3 Å². The van der Waals surface area contributed by atoms with Crippen molar-refractivity contribution in [1.29, 1.82) is 0 Å². The summed E-state index contributed by atoms with van der Waals surface area (Å²) in [7, 11) is 0. The van der Waals surface area contributed by atoms with Crippen LogP contribution < -0.4 is 0 Å².